The molecule has 0 aromatic rings. The first-order valence-electron chi connectivity index (χ1n) is 3.09. The quantitative estimate of drug-likeness (QED) is 0.359. The van der Waals surface area contributed by atoms with Gasteiger partial charge in [-0.1, -0.05) is 6.08 Å². The smallest absolute Gasteiger partial charge is 0.313 e. The Balaban J connectivity index is 2.65. The number of cyclic esters (lactones) is 1. The van der Waals surface area contributed by atoms with E-state index in [1.165, 1.54) is 0 Å². The summed E-state index contributed by atoms with van der Waals surface area (Å²) >= 11 is 0. The zero-order chi connectivity index (χ0) is 6.85. The molecule has 0 aromatic carbocycles. The Hall–Kier alpha value is -0.790. The highest BCUT2D eigenvalue weighted by Crippen LogP contribution is 2.10. The van der Waals surface area contributed by atoms with E-state index in [0.717, 1.165) is 0 Å². The fraction of sp³-hybridized carbons (Fsp3) is 0.571. The predicted molar refractivity (Wildman–Crippen MR) is 33.9 cm³/mol. The van der Waals surface area contributed by atoms with Crippen LogP contribution < -0.4 is 0 Å². The molecule has 0 N–H and O–H groups in total. The number of carbonyl (C=O) groups excluding carboxylic acids is 1. The minimum absolute atomic E-state index is 0.0336. The summed E-state index contributed by atoms with van der Waals surface area (Å²) in [4.78, 5) is 10.7. The Kier molecular flexibility index (Phi) is 1.56. The van der Waals surface area contributed by atoms with Crippen molar-refractivity contribution < 1.29 is 9.53 Å². The van der Waals surface area contributed by atoms with E-state index < -0.39 is 0 Å². The topological polar surface area (TPSA) is 26.3 Å². The minimum Gasteiger partial charge on any atom is -0.458 e. The molecule has 9 heavy (non-hydrogen) atoms. The SMILES string of the molecule is CC1C=CC(C)C(=O)O1. The van der Waals surface area contributed by atoms with Crippen LogP contribution in [0.3, 0.4) is 0 Å². The van der Waals surface area contributed by atoms with E-state index in [-0.39, 0.29) is 18.0 Å². The van der Waals surface area contributed by atoms with Crippen molar-refractivity contribution in [1.82, 2.24) is 0 Å². The average molecular weight is 126 g/mol. The number of hydrogen-bond donors (Lipinski definition) is 0. The van der Waals surface area contributed by atoms with E-state index >= 15 is 0 Å². The van der Waals surface area contributed by atoms with Crippen LogP contribution in [0.5, 0.6) is 0 Å². The summed E-state index contributed by atoms with van der Waals surface area (Å²) in [7, 11) is 0. The maximum atomic E-state index is 10.7. The summed E-state index contributed by atoms with van der Waals surface area (Å²) in [5.41, 5.74) is 0. The number of esters is 1. The van der Waals surface area contributed by atoms with Gasteiger partial charge < -0.3 is 4.74 Å². The fourth-order valence-electron chi connectivity index (χ4n) is 0.732. The lowest BCUT2D eigenvalue weighted by molar-refractivity contribution is -0.150. The molecule has 0 fully saturated rings. The molecule has 2 nitrogen and oxygen atoms in total. The second-order valence-corrected chi connectivity index (χ2v) is 2.32. The van der Waals surface area contributed by atoms with Crippen molar-refractivity contribution in [2.75, 3.05) is 0 Å². The van der Waals surface area contributed by atoms with Crippen LogP contribution in [-0.2, 0) is 9.53 Å². The average Bonchev–Trinajstić information content (AvgIpc) is 1.80. The molecule has 2 heteroatoms. The molecular weight excluding hydrogens is 116 g/mol. The summed E-state index contributed by atoms with van der Waals surface area (Å²) in [5, 5.41) is 0. The van der Waals surface area contributed by atoms with Gasteiger partial charge in [-0.15, -0.1) is 0 Å². The molecule has 0 amide bonds. The second kappa shape index (κ2) is 2.21. The van der Waals surface area contributed by atoms with Gasteiger partial charge in [0.05, 0.1) is 5.92 Å². The van der Waals surface area contributed by atoms with Gasteiger partial charge in [0.25, 0.3) is 0 Å². The van der Waals surface area contributed by atoms with Gasteiger partial charge in [-0.05, 0) is 19.9 Å². The largest absolute Gasteiger partial charge is 0.458 e. The van der Waals surface area contributed by atoms with E-state index in [0.29, 0.717) is 0 Å². The fourth-order valence-corrected chi connectivity index (χ4v) is 0.732. The van der Waals surface area contributed by atoms with Crippen LogP contribution in [0.15, 0.2) is 12.2 Å². The van der Waals surface area contributed by atoms with Gasteiger partial charge in [-0.25, -0.2) is 0 Å². The molecular formula is C7H10O2. The molecule has 0 radical (unpaired) electrons. The van der Waals surface area contributed by atoms with Crippen molar-refractivity contribution in [2.24, 2.45) is 5.92 Å². The van der Waals surface area contributed by atoms with Crippen molar-refractivity contribution in [2.45, 2.75) is 20.0 Å². The van der Waals surface area contributed by atoms with Crippen LogP contribution >= 0.6 is 0 Å². The third-order valence-corrected chi connectivity index (χ3v) is 1.34. The molecule has 0 spiro atoms. The number of carbonyl (C=O) groups is 1. The molecule has 2 unspecified atom stereocenters. The lowest BCUT2D eigenvalue weighted by Crippen LogP contribution is -2.22. The van der Waals surface area contributed by atoms with Crippen LogP contribution in [0, 0.1) is 5.92 Å². The highest BCUT2D eigenvalue weighted by atomic mass is 16.5. The van der Waals surface area contributed by atoms with Crippen LogP contribution in [-0.4, -0.2) is 12.1 Å². The molecule has 1 aliphatic rings. The van der Waals surface area contributed by atoms with Crippen molar-refractivity contribution >= 4 is 5.97 Å². The highest BCUT2D eigenvalue weighted by molar-refractivity contribution is 5.75. The van der Waals surface area contributed by atoms with Gasteiger partial charge in [-0.3, -0.25) is 4.79 Å². The summed E-state index contributed by atoms with van der Waals surface area (Å²) in [5.74, 6) is -0.175. The summed E-state index contributed by atoms with van der Waals surface area (Å²) in [6.45, 7) is 3.67. The van der Waals surface area contributed by atoms with Gasteiger partial charge in [0, 0.05) is 0 Å². The van der Waals surface area contributed by atoms with Crippen molar-refractivity contribution in [3.63, 3.8) is 0 Å². The third-order valence-electron chi connectivity index (χ3n) is 1.34. The molecule has 1 rings (SSSR count). The van der Waals surface area contributed by atoms with Crippen LogP contribution in [0.2, 0.25) is 0 Å². The first kappa shape index (κ1) is 6.33. The van der Waals surface area contributed by atoms with Gasteiger partial charge in [0.2, 0.25) is 0 Å². The second-order valence-electron chi connectivity index (χ2n) is 2.32. The Morgan fingerprint density at radius 2 is 2.11 bits per heavy atom. The Morgan fingerprint density at radius 1 is 1.44 bits per heavy atom. The zero-order valence-corrected chi connectivity index (χ0v) is 5.63. The molecule has 0 saturated heterocycles. The van der Waals surface area contributed by atoms with Gasteiger partial charge in [0.1, 0.15) is 6.10 Å². The summed E-state index contributed by atoms with van der Waals surface area (Å²) < 4.78 is 4.87. The molecule has 0 bridgehead atoms. The summed E-state index contributed by atoms with van der Waals surface area (Å²) in [6.07, 6.45) is 3.73. The van der Waals surface area contributed by atoms with Gasteiger partial charge >= 0.3 is 5.97 Å². The third kappa shape index (κ3) is 1.31. The minimum atomic E-state index is -0.120. The first-order chi connectivity index (χ1) is 4.20. The highest BCUT2D eigenvalue weighted by Gasteiger charge is 2.17. The molecule has 0 aromatic heterocycles. The number of hydrogen-bond acceptors (Lipinski definition) is 2. The zero-order valence-electron chi connectivity index (χ0n) is 5.63. The van der Waals surface area contributed by atoms with E-state index in [4.69, 9.17) is 4.74 Å². The molecule has 1 aliphatic heterocycles. The Morgan fingerprint density at radius 3 is 2.56 bits per heavy atom. The maximum absolute atomic E-state index is 10.7. The van der Waals surface area contributed by atoms with E-state index in [9.17, 15) is 4.79 Å². The molecule has 2 atom stereocenters. The van der Waals surface area contributed by atoms with E-state index in [1.54, 1.807) is 0 Å². The lowest BCUT2D eigenvalue weighted by atomic mass is 10.1. The summed E-state index contributed by atoms with van der Waals surface area (Å²) in [6, 6.07) is 0. The van der Waals surface area contributed by atoms with Crippen LogP contribution in [0.1, 0.15) is 13.8 Å². The maximum Gasteiger partial charge on any atom is 0.313 e. The predicted octanol–water partition coefficient (Wildman–Crippen LogP) is 1.12. The van der Waals surface area contributed by atoms with E-state index in [2.05, 4.69) is 0 Å². The lowest BCUT2D eigenvalue weighted by Gasteiger charge is -2.16. The van der Waals surface area contributed by atoms with E-state index in [1.807, 2.05) is 26.0 Å². The number of ether oxygens (including phenoxy) is 1. The Bertz CT molecular complexity index is 149. The van der Waals surface area contributed by atoms with Crippen LogP contribution in [0.4, 0.5) is 0 Å². The molecule has 0 aliphatic carbocycles. The van der Waals surface area contributed by atoms with Crippen molar-refractivity contribution in [3.05, 3.63) is 12.2 Å². The molecule has 0 saturated carbocycles. The first-order valence-corrected chi connectivity index (χ1v) is 3.09. The standard InChI is InChI=1S/C7H10O2/c1-5-3-4-6(2)9-7(5)8/h3-6H,1-2H3. The van der Waals surface area contributed by atoms with Crippen molar-refractivity contribution in [1.29, 1.82) is 0 Å². The van der Waals surface area contributed by atoms with Gasteiger partial charge in [0.15, 0.2) is 0 Å². The monoisotopic (exact) mass is 126 g/mol. The molecule has 50 valence electrons. The number of rotatable bonds is 0. The van der Waals surface area contributed by atoms with Crippen LogP contribution in [0.25, 0.3) is 0 Å². The molecule has 1 heterocycles. The van der Waals surface area contributed by atoms with Crippen molar-refractivity contribution in [3.8, 4) is 0 Å². The Labute approximate surface area is 54.5 Å². The normalized spacial score (nSPS) is 34.2. The van der Waals surface area contributed by atoms with Gasteiger partial charge in [-0.2, -0.15) is 0 Å².